The number of nitrogens with zero attached hydrogens (tertiary/aromatic N) is 2. The van der Waals surface area contributed by atoms with Gasteiger partial charge in [-0.3, -0.25) is 4.79 Å². The monoisotopic (exact) mass is 345 g/mol. The molecule has 1 amide bonds. The summed E-state index contributed by atoms with van der Waals surface area (Å²) in [6.45, 7) is 1.67. The van der Waals surface area contributed by atoms with Crippen LogP contribution in [0.15, 0.2) is 30.3 Å². The summed E-state index contributed by atoms with van der Waals surface area (Å²) in [4.78, 5) is 16.5. The molecule has 1 aliphatic heterocycles. The Morgan fingerprint density at radius 3 is 2.23 bits per heavy atom. The summed E-state index contributed by atoms with van der Waals surface area (Å²) in [5, 5.41) is 0. The van der Waals surface area contributed by atoms with Gasteiger partial charge >= 0.3 is 0 Å². The third kappa shape index (κ3) is 3.86. The van der Waals surface area contributed by atoms with Crippen LogP contribution < -0.4 is 10.6 Å². The molecule has 0 spiro atoms. The molecular weight excluding hydrogens is 321 g/mol. The van der Waals surface area contributed by atoms with Crippen molar-refractivity contribution in [3.8, 4) is 0 Å². The third-order valence-electron chi connectivity index (χ3n) is 4.68. The molecule has 2 fully saturated rings. The number of likely N-dealkylation sites (tertiary alicyclic amines) is 1. The van der Waals surface area contributed by atoms with Crippen LogP contribution in [0, 0.1) is 0 Å². The molecule has 0 bridgehead atoms. The van der Waals surface area contributed by atoms with Crippen LogP contribution in [0.3, 0.4) is 0 Å². The lowest BCUT2D eigenvalue weighted by atomic mass is 10.0. The Hall–Kier alpha value is -0.970. The third-order valence-corrected chi connectivity index (χ3v) is 4.68. The summed E-state index contributed by atoms with van der Waals surface area (Å²) in [5.41, 5.74) is 6.73. The number of amides is 1. The van der Waals surface area contributed by atoms with Gasteiger partial charge in [-0.05, 0) is 37.8 Å². The molecule has 2 aliphatic rings. The molecule has 0 unspecified atom stereocenters. The van der Waals surface area contributed by atoms with Crippen molar-refractivity contribution in [1.82, 2.24) is 4.90 Å². The molecule has 2 N–H and O–H groups in total. The molecule has 0 radical (unpaired) electrons. The molecule has 124 valence electrons. The van der Waals surface area contributed by atoms with Gasteiger partial charge in [0.1, 0.15) is 0 Å². The molecule has 1 saturated heterocycles. The van der Waals surface area contributed by atoms with E-state index < -0.39 is 5.54 Å². The van der Waals surface area contributed by atoms with E-state index in [1.165, 1.54) is 5.69 Å². The molecule has 1 heterocycles. The van der Waals surface area contributed by atoms with Gasteiger partial charge in [-0.1, -0.05) is 18.2 Å². The van der Waals surface area contributed by atoms with Crippen LogP contribution in [-0.2, 0) is 4.79 Å². The number of benzene rings is 1. The van der Waals surface area contributed by atoms with E-state index in [9.17, 15) is 4.79 Å². The van der Waals surface area contributed by atoms with Crippen molar-refractivity contribution in [1.29, 1.82) is 0 Å². The number of carbonyl (C=O) groups excluding carboxylic acids is 1. The van der Waals surface area contributed by atoms with Crippen molar-refractivity contribution in [2.45, 2.75) is 37.3 Å². The molecule has 1 aromatic rings. The highest BCUT2D eigenvalue weighted by Gasteiger charge is 2.48. The maximum Gasteiger partial charge on any atom is 0.242 e. The predicted octanol–water partition coefficient (Wildman–Crippen LogP) is 2.45. The van der Waals surface area contributed by atoms with Crippen molar-refractivity contribution in [2.75, 3.05) is 25.0 Å². The minimum absolute atomic E-state index is 0. The van der Waals surface area contributed by atoms with Gasteiger partial charge in [0.2, 0.25) is 5.91 Å². The average molecular weight is 346 g/mol. The number of hydrogen-bond acceptors (Lipinski definition) is 3. The SMILES string of the molecule is CN(c1ccccc1)C1CCN(C(=O)C2(N)CC2)CC1.Cl.Cl. The minimum Gasteiger partial charge on any atom is -0.371 e. The number of halogens is 2. The van der Waals surface area contributed by atoms with Crippen molar-refractivity contribution in [3.05, 3.63) is 30.3 Å². The quantitative estimate of drug-likeness (QED) is 0.915. The summed E-state index contributed by atoms with van der Waals surface area (Å²) < 4.78 is 0. The number of anilines is 1. The number of hydrogen-bond donors (Lipinski definition) is 1. The summed E-state index contributed by atoms with van der Waals surface area (Å²) in [6, 6.07) is 10.9. The highest BCUT2D eigenvalue weighted by Crippen LogP contribution is 2.35. The average Bonchev–Trinajstić information content (AvgIpc) is 3.26. The molecule has 1 aliphatic carbocycles. The van der Waals surface area contributed by atoms with Crippen molar-refractivity contribution in [2.24, 2.45) is 5.73 Å². The molecule has 1 saturated carbocycles. The van der Waals surface area contributed by atoms with E-state index in [-0.39, 0.29) is 30.7 Å². The summed E-state index contributed by atoms with van der Waals surface area (Å²) in [5.74, 6) is 0.165. The second-order valence-corrected chi connectivity index (χ2v) is 6.13. The predicted molar refractivity (Wildman–Crippen MR) is 95.1 cm³/mol. The maximum absolute atomic E-state index is 12.2. The van der Waals surface area contributed by atoms with Gasteiger partial charge in [0.25, 0.3) is 0 Å². The van der Waals surface area contributed by atoms with Crippen molar-refractivity contribution >= 4 is 36.4 Å². The molecule has 6 heteroatoms. The van der Waals surface area contributed by atoms with Gasteiger partial charge < -0.3 is 15.5 Å². The lowest BCUT2D eigenvalue weighted by molar-refractivity contribution is -0.134. The lowest BCUT2D eigenvalue weighted by Crippen LogP contribution is -2.51. The van der Waals surface area contributed by atoms with E-state index in [1.54, 1.807) is 0 Å². The fourth-order valence-corrected chi connectivity index (χ4v) is 2.99. The van der Waals surface area contributed by atoms with Gasteiger partial charge in [-0.15, -0.1) is 24.8 Å². The largest absolute Gasteiger partial charge is 0.371 e. The Labute approximate surface area is 144 Å². The topological polar surface area (TPSA) is 49.6 Å². The van der Waals surface area contributed by atoms with Crippen molar-refractivity contribution in [3.63, 3.8) is 0 Å². The first-order valence-electron chi connectivity index (χ1n) is 7.46. The maximum atomic E-state index is 12.2. The van der Waals surface area contributed by atoms with Crippen LogP contribution in [-0.4, -0.2) is 42.5 Å². The first-order chi connectivity index (χ1) is 9.60. The van der Waals surface area contributed by atoms with E-state index >= 15 is 0 Å². The number of carbonyl (C=O) groups is 1. The summed E-state index contributed by atoms with van der Waals surface area (Å²) >= 11 is 0. The fourth-order valence-electron chi connectivity index (χ4n) is 2.99. The number of rotatable bonds is 3. The van der Waals surface area contributed by atoms with Crippen molar-refractivity contribution < 1.29 is 4.79 Å². The van der Waals surface area contributed by atoms with Gasteiger partial charge in [-0.25, -0.2) is 0 Å². The molecule has 0 atom stereocenters. The number of para-hydroxylation sites is 1. The van der Waals surface area contributed by atoms with E-state index in [2.05, 4.69) is 36.2 Å². The van der Waals surface area contributed by atoms with Gasteiger partial charge in [-0.2, -0.15) is 0 Å². The van der Waals surface area contributed by atoms with Crippen LogP contribution in [0.25, 0.3) is 0 Å². The van der Waals surface area contributed by atoms with Gasteiger partial charge in [0, 0.05) is 31.9 Å². The van der Waals surface area contributed by atoms with Crippen LogP contribution >= 0.6 is 24.8 Å². The number of piperidine rings is 1. The first-order valence-corrected chi connectivity index (χ1v) is 7.46. The van der Waals surface area contributed by atoms with E-state index in [0.717, 1.165) is 38.8 Å². The zero-order chi connectivity index (χ0) is 14.2. The molecule has 22 heavy (non-hydrogen) atoms. The smallest absolute Gasteiger partial charge is 0.242 e. The molecule has 1 aromatic carbocycles. The normalized spacial score (nSPS) is 19.6. The Kier molecular flexibility index (Phi) is 6.53. The Morgan fingerprint density at radius 2 is 1.73 bits per heavy atom. The summed E-state index contributed by atoms with van der Waals surface area (Å²) in [6.07, 6.45) is 3.76. The Morgan fingerprint density at radius 1 is 1.18 bits per heavy atom. The lowest BCUT2D eigenvalue weighted by Gasteiger charge is -2.38. The first kappa shape index (κ1) is 19.1. The van der Waals surface area contributed by atoms with Gasteiger partial charge in [0.15, 0.2) is 0 Å². The van der Waals surface area contributed by atoms with Crippen LogP contribution in [0.5, 0.6) is 0 Å². The highest BCUT2D eigenvalue weighted by molar-refractivity contribution is 5.89. The molecule has 3 rings (SSSR count). The number of nitrogens with two attached hydrogens (primary N) is 1. The fraction of sp³-hybridized carbons (Fsp3) is 0.562. The highest BCUT2D eigenvalue weighted by atomic mass is 35.5. The molecule has 0 aromatic heterocycles. The van der Waals surface area contributed by atoms with E-state index in [1.807, 2.05) is 11.0 Å². The minimum atomic E-state index is -0.516. The van der Waals surface area contributed by atoms with Crippen LogP contribution in [0.4, 0.5) is 5.69 Å². The zero-order valence-electron chi connectivity index (χ0n) is 12.9. The Bertz CT molecular complexity index is 485. The van der Waals surface area contributed by atoms with E-state index in [4.69, 9.17) is 5.73 Å². The molecular formula is C16H25Cl2N3O. The van der Waals surface area contributed by atoms with E-state index in [0.29, 0.717) is 6.04 Å². The molecule has 4 nitrogen and oxygen atoms in total. The Balaban J connectivity index is 0.00000121. The van der Waals surface area contributed by atoms with Gasteiger partial charge in [0.05, 0.1) is 5.54 Å². The standard InChI is InChI=1S/C16H23N3O.2ClH/c1-18(13-5-3-2-4-6-13)14-7-11-19(12-8-14)15(20)16(17)9-10-16;;/h2-6,14H,7-12,17H2,1H3;2*1H. The second-order valence-electron chi connectivity index (χ2n) is 6.13. The van der Waals surface area contributed by atoms with Crippen LogP contribution in [0.2, 0.25) is 0 Å². The summed E-state index contributed by atoms with van der Waals surface area (Å²) in [7, 11) is 2.14. The zero-order valence-corrected chi connectivity index (χ0v) is 14.5. The second kappa shape index (κ2) is 7.53. The van der Waals surface area contributed by atoms with Crippen LogP contribution in [0.1, 0.15) is 25.7 Å².